The minimum absolute atomic E-state index is 0.0199. The molecule has 0 aromatic heterocycles. The number of hydrogen-bond donors (Lipinski definition) is 1. The van der Waals surface area contributed by atoms with Gasteiger partial charge in [0.2, 0.25) is 15.9 Å². The summed E-state index contributed by atoms with van der Waals surface area (Å²) in [5, 5.41) is 0. The number of amides is 1. The summed E-state index contributed by atoms with van der Waals surface area (Å²) in [6, 6.07) is 3.97. The zero-order valence-electron chi connectivity index (χ0n) is 16.0. The first-order valence-electron chi connectivity index (χ1n) is 9.70. The molecular weight excluding hydrogens is 430 g/mol. The Hall–Kier alpha value is -0.960. The molecule has 1 aromatic carbocycles. The van der Waals surface area contributed by atoms with E-state index in [9.17, 15) is 13.2 Å². The van der Waals surface area contributed by atoms with Crippen molar-refractivity contribution in [3.63, 3.8) is 0 Å². The summed E-state index contributed by atoms with van der Waals surface area (Å²) in [6.07, 6.45) is 4.75. The number of nitrogens with zero attached hydrogens (tertiary/aromatic N) is 2. The third-order valence-electron chi connectivity index (χ3n) is 5.55. The van der Waals surface area contributed by atoms with Crippen LogP contribution in [0.3, 0.4) is 0 Å². The Morgan fingerprint density at radius 1 is 1.30 bits per heavy atom. The van der Waals surface area contributed by atoms with Gasteiger partial charge in [0.25, 0.3) is 0 Å². The second-order valence-corrected chi connectivity index (χ2v) is 9.93. The van der Waals surface area contributed by atoms with Gasteiger partial charge in [0.15, 0.2) is 0 Å². The van der Waals surface area contributed by atoms with Crippen molar-refractivity contribution < 1.29 is 13.2 Å². The van der Waals surface area contributed by atoms with Gasteiger partial charge in [0, 0.05) is 42.3 Å². The molecular formula is C19H28BrN3O3S. The first-order valence-corrected chi connectivity index (χ1v) is 12.0. The van der Waals surface area contributed by atoms with E-state index < -0.39 is 10.0 Å². The van der Waals surface area contributed by atoms with E-state index in [0.717, 1.165) is 24.2 Å². The van der Waals surface area contributed by atoms with Gasteiger partial charge in [-0.05, 0) is 66.4 Å². The van der Waals surface area contributed by atoms with Gasteiger partial charge in [-0.1, -0.05) is 13.3 Å². The monoisotopic (exact) mass is 457 g/mol. The van der Waals surface area contributed by atoms with E-state index >= 15 is 0 Å². The van der Waals surface area contributed by atoms with Crippen LogP contribution in [0.15, 0.2) is 21.5 Å². The number of carbonyl (C=O) groups excluding carboxylic acids is 1. The third-order valence-corrected chi connectivity index (χ3v) is 7.97. The summed E-state index contributed by atoms with van der Waals surface area (Å²) in [6.45, 7) is 6.75. The molecule has 27 heavy (non-hydrogen) atoms. The van der Waals surface area contributed by atoms with Crippen LogP contribution in [0.5, 0.6) is 0 Å². The molecule has 0 saturated carbocycles. The Balaban J connectivity index is 1.73. The summed E-state index contributed by atoms with van der Waals surface area (Å²) in [7, 11) is -3.65. The van der Waals surface area contributed by atoms with Crippen molar-refractivity contribution in [3.05, 3.63) is 22.2 Å². The average Bonchev–Trinajstić information content (AvgIpc) is 3.04. The van der Waals surface area contributed by atoms with Gasteiger partial charge in [-0.15, -0.1) is 0 Å². The molecule has 1 fully saturated rings. The molecule has 1 aromatic rings. The van der Waals surface area contributed by atoms with E-state index in [1.54, 1.807) is 11.0 Å². The van der Waals surface area contributed by atoms with Gasteiger partial charge < -0.3 is 4.90 Å². The molecule has 2 aliphatic rings. The highest BCUT2D eigenvalue weighted by atomic mass is 79.9. The molecule has 1 atom stereocenters. The fourth-order valence-corrected chi connectivity index (χ4v) is 6.06. The number of fused-ring (bicyclic) bond motifs is 1. The van der Waals surface area contributed by atoms with E-state index in [-0.39, 0.29) is 10.8 Å². The summed E-state index contributed by atoms with van der Waals surface area (Å²) in [5.74, 6) is 0.0199. The van der Waals surface area contributed by atoms with E-state index in [1.807, 2.05) is 13.0 Å². The van der Waals surface area contributed by atoms with Crippen LogP contribution in [-0.4, -0.2) is 51.4 Å². The van der Waals surface area contributed by atoms with Gasteiger partial charge in [-0.3, -0.25) is 9.69 Å². The van der Waals surface area contributed by atoms with Crippen molar-refractivity contribution in [3.8, 4) is 0 Å². The number of anilines is 1. The normalized spacial score (nSPS) is 20.7. The van der Waals surface area contributed by atoms with E-state index in [1.165, 1.54) is 19.3 Å². The van der Waals surface area contributed by atoms with Crippen LogP contribution >= 0.6 is 15.9 Å². The number of hydrogen-bond acceptors (Lipinski definition) is 4. The molecule has 8 heteroatoms. The molecule has 1 N–H and O–H groups in total. The van der Waals surface area contributed by atoms with Gasteiger partial charge in [0.1, 0.15) is 0 Å². The van der Waals surface area contributed by atoms with Crippen LogP contribution < -0.4 is 9.62 Å². The van der Waals surface area contributed by atoms with Crippen LogP contribution in [0.25, 0.3) is 0 Å². The molecule has 2 aliphatic heterocycles. The predicted molar refractivity (Wildman–Crippen MR) is 111 cm³/mol. The van der Waals surface area contributed by atoms with Gasteiger partial charge in [0.05, 0.1) is 4.90 Å². The summed E-state index contributed by atoms with van der Waals surface area (Å²) < 4.78 is 29.0. The van der Waals surface area contributed by atoms with Gasteiger partial charge in [-0.25, -0.2) is 13.1 Å². The second-order valence-electron chi connectivity index (χ2n) is 7.34. The average molecular weight is 458 g/mol. The maximum absolute atomic E-state index is 12.9. The summed E-state index contributed by atoms with van der Waals surface area (Å²) in [5.41, 5.74) is 1.72. The lowest BCUT2D eigenvalue weighted by Gasteiger charge is -2.33. The second kappa shape index (κ2) is 8.59. The number of sulfonamides is 1. The molecule has 3 rings (SSSR count). The Kier molecular flexibility index (Phi) is 6.61. The standard InChI is InChI=1S/C19H28BrN3O3S/c1-3-19(24)23-10-7-15-12-16(20)18(13-17(15)23)27(25,26)21-8-11-22-9-5-4-6-14(22)2/h12-14,21H,3-11H2,1-2H3/t14-/m0/s1. The molecule has 1 amide bonds. The molecule has 0 bridgehead atoms. The summed E-state index contributed by atoms with van der Waals surface area (Å²) in [4.78, 5) is 16.4. The Labute approximate surface area is 170 Å². The van der Waals surface area contributed by atoms with Crippen molar-refractivity contribution >= 4 is 37.5 Å². The number of likely N-dealkylation sites (tertiary alicyclic amines) is 1. The fourth-order valence-electron chi connectivity index (χ4n) is 3.94. The van der Waals surface area contributed by atoms with Crippen molar-refractivity contribution in [1.82, 2.24) is 9.62 Å². The number of benzene rings is 1. The van der Waals surface area contributed by atoms with Crippen LogP contribution in [0.2, 0.25) is 0 Å². The molecule has 0 aliphatic carbocycles. The highest BCUT2D eigenvalue weighted by Gasteiger charge is 2.28. The first kappa shape index (κ1) is 20.8. The smallest absolute Gasteiger partial charge is 0.241 e. The predicted octanol–water partition coefficient (Wildman–Crippen LogP) is 2.90. The SMILES string of the molecule is CCC(=O)N1CCc2cc(Br)c(S(=O)(=O)NCCN3CCCC[C@@H]3C)cc21. The zero-order valence-corrected chi connectivity index (χ0v) is 18.4. The molecule has 6 nitrogen and oxygen atoms in total. The molecule has 150 valence electrons. The van der Waals surface area contributed by atoms with Crippen molar-refractivity contribution in [2.24, 2.45) is 0 Å². The zero-order chi connectivity index (χ0) is 19.6. The van der Waals surface area contributed by atoms with Crippen LogP contribution in [0, 0.1) is 0 Å². The van der Waals surface area contributed by atoms with Crippen molar-refractivity contribution in [2.45, 2.75) is 56.9 Å². The maximum Gasteiger partial charge on any atom is 0.241 e. The van der Waals surface area contributed by atoms with Crippen LogP contribution in [0.4, 0.5) is 5.69 Å². The minimum atomic E-state index is -3.65. The van der Waals surface area contributed by atoms with E-state index in [0.29, 0.717) is 36.6 Å². The molecule has 0 spiro atoms. The first-order chi connectivity index (χ1) is 12.8. The van der Waals surface area contributed by atoms with E-state index in [2.05, 4.69) is 32.5 Å². The largest absolute Gasteiger partial charge is 0.312 e. The highest BCUT2D eigenvalue weighted by Crippen LogP contribution is 2.35. The number of nitrogens with one attached hydrogen (secondary N) is 1. The lowest BCUT2D eigenvalue weighted by molar-refractivity contribution is -0.118. The van der Waals surface area contributed by atoms with Crippen LogP contribution in [-0.2, 0) is 21.2 Å². The fraction of sp³-hybridized carbons (Fsp3) is 0.632. The topological polar surface area (TPSA) is 69.7 Å². The lowest BCUT2D eigenvalue weighted by atomic mass is 10.0. The van der Waals surface area contributed by atoms with Gasteiger partial charge >= 0.3 is 0 Å². The molecule has 0 radical (unpaired) electrons. The lowest BCUT2D eigenvalue weighted by Crippen LogP contribution is -2.42. The Bertz CT molecular complexity index is 813. The third kappa shape index (κ3) is 4.55. The number of carbonyl (C=O) groups is 1. The Morgan fingerprint density at radius 3 is 2.78 bits per heavy atom. The summed E-state index contributed by atoms with van der Waals surface area (Å²) >= 11 is 3.40. The quantitative estimate of drug-likeness (QED) is 0.712. The maximum atomic E-state index is 12.9. The number of halogens is 1. The number of rotatable bonds is 6. The van der Waals surface area contributed by atoms with Crippen molar-refractivity contribution in [1.29, 1.82) is 0 Å². The molecule has 1 saturated heterocycles. The molecule has 2 heterocycles. The molecule has 0 unspecified atom stereocenters. The Morgan fingerprint density at radius 2 is 2.07 bits per heavy atom. The number of piperidine rings is 1. The van der Waals surface area contributed by atoms with E-state index in [4.69, 9.17) is 0 Å². The highest BCUT2D eigenvalue weighted by molar-refractivity contribution is 9.10. The van der Waals surface area contributed by atoms with Gasteiger partial charge in [-0.2, -0.15) is 0 Å². The van der Waals surface area contributed by atoms with Crippen LogP contribution in [0.1, 0.15) is 45.1 Å². The van der Waals surface area contributed by atoms with Crippen molar-refractivity contribution in [2.75, 3.05) is 31.1 Å². The minimum Gasteiger partial charge on any atom is -0.312 e.